The molecular weight excluding hydrogens is 210 g/mol. The van der Waals surface area contributed by atoms with Crippen molar-refractivity contribution in [1.82, 2.24) is 5.32 Å². The standard InChI is InChI=1S/C11H19NO4/c1-6-9-10(16-11(2,3)15-9)8(12-6)7-4-13-5-14-7/h6-10,12H,4-5H2,1-3H3/t6-,7?,8+,9-,10+/m1/s1. The molecule has 0 radical (unpaired) electrons. The summed E-state index contributed by atoms with van der Waals surface area (Å²) < 4.78 is 22.6. The minimum atomic E-state index is -0.483. The Morgan fingerprint density at radius 1 is 1.19 bits per heavy atom. The molecule has 1 N–H and O–H groups in total. The molecular formula is C11H19NO4. The Kier molecular flexibility index (Phi) is 2.49. The van der Waals surface area contributed by atoms with Gasteiger partial charge in [-0.2, -0.15) is 0 Å². The number of rotatable bonds is 1. The maximum absolute atomic E-state index is 5.95. The zero-order valence-electron chi connectivity index (χ0n) is 9.93. The molecule has 92 valence electrons. The first-order chi connectivity index (χ1) is 7.57. The first-order valence-electron chi connectivity index (χ1n) is 5.88. The van der Waals surface area contributed by atoms with Gasteiger partial charge in [-0.1, -0.05) is 0 Å². The van der Waals surface area contributed by atoms with Crippen LogP contribution in [0, 0.1) is 0 Å². The van der Waals surface area contributed by atoms with Crippen molar-refractivity contribution >= 4 is 0 Å². The molecule has 0 spiro atoms. The second kappa shape index (κ2) is 3.65. The predicted molar refractivity (Wildman–Crippen MR) is 55.9 cm³/mol. The molecule has 16 heavy (non-hydrogen) atoms. The highest BCUT2D eigenvalue weighted by atomic mass is 16.8. The first-order valence-corrected chi connectivity index (χ1v) is 5.88. The van der Waals surface area contributed by atoms with E-state index in [4.69, 9.17) is 18.9 Å². The SMILES string of the molecule is C[C@H]1N[C@@H](C2COCO2)[C@@H]2OC(C)(C)O[C@@H]21. The second-order valence-electron chi connectivity index (χ2n) is 5.24. The van der Waals surface area contributed by atoms with Crippen molar-refractivity contribution in [3.8, 4) is 0 Å². The fourth-order valence-electron chi connectivity index (χ4n) is 2.85. The van der Waals surface area contributed by atoms with Gasteiger partial charge in [-0.05, 0) is 20.8 Å². The Labute approximate surface area is 95.4 Å². The van der Waals surface area contributed by atoms with E-state index in [2.05, 4.69) is 12.2 Å². The Hall–Kier alpha value is -0.200. The van der Waals surface area contributed by atoms with Crippen LogP contribution in [0.4, 0.5) is 0 Å². The lowest BCUT2D eigenvalue weighted by Gasteiger charge is -2.25. The maximum atomic E-state index is 5.95. The predicted octanol–water partition coefficient (Wildman–Crippen LogP) is 0.240. The highest BCUT2D eigenvalue weighted by Crippen LogP contribution is 2.37. The van der Waals surface area contributed by atoms with Crippen LogP contribution in [0.25, 0.3) is 0 Å². The van der Waals surface area contributed by atoms with E-state index in [1.807, 2.05) is 13.8 Å². The van der Waals surface area contributed by atoms with E-state index in [1.54, 1.807) is 0 Å². The van der Waals surface area contributed by atoms with Gasteiger partial charge in [0.2, 0.25) is 0 Å². The summed E-state index contributed by atoms with van der Waals surface area (Å²) in [6.07, 6.45) is 0.260. The summed E-state index contributed by atoms with van der Waals surface area (Å²) in [5.74, 6) is -0.483. The fourth-order valence-corrected chi connectivity index (χ4v) is 2.85. The summed E-state index contributed by atoms with van der Waals surface area (Å²) in [4.78, 5) is 0. The van der Waals surface area contributed by atoms with E-state index in [0.717, 1.165) is 0 Å². The van der Waals surface area contributed by atoms with Crippen LogP contribution in [0.1, 0.15) is 20.8 Å². The lowest BCUT2D eigenvalue weighted by atomic mass is 10.0. The molecule has 3 fully saturated rings. The molecule has 3 aliphatic rings. The molecule has 5 atom stereocenters. The number of hydrogen-bond acceptors (Lipinski definition) is 5. The molecule has 0 aliphatic carbocycles. The summed E-state index contributed by atoms with van der Waals surface area (Å²) in [6, 6.07) is 0.463. The molecule has 0 bridgehead atoms. The maximum Gasteiger partial charge on any atom is 0.163 e. The van der Waals surface area contributed by atoms with Gasteiger partial charge in [0.1, 0.15) is 25.1 Å². The van der Waals surface area contributed by atoms with E-state index >= 15 is 0 Å². The lowest BCUT2D eigenvalue weighted by Crippen LogP contribution is -2.46. The molecule has 5 nitrogen and oxygen atoms in total. The molecule has 3 aliphatic heterocycles. The molecule has 3 heterocycles. The normalized spacial score (nSPS) is 50.8. The van der Waals surface area contributed by atoms with E-state index in [9.17, 15) is 0 Å². The summed E-state index contributed by atoms with van der Waals surface area (Å²) in [6.45, 7) is 7.07. The van der Waals surface area contributed by atoms with Gasteiger partial charge >= 0.3 is 0 Å². The Bertz CT molecular complexity index is 277. The van der Waals surface area contributed by atoms with E-state index in [1.165, 1.54) is 0 Å². The molecule has 3 saturated heterocycles. The van der Waals surface area contributed by atoms with Gasteiger partial charge in [-0.25, -0.2) is 0 Å². The van der Waals surface area contributed by atoms with E-state index in [-0.39, 0.29) is 24.4 Å². The zero-order chi connectivity index (χ0) is 11.3. The van der Waals surface area contributed by atoms with Crippen LogP contribution in [0.5, 0.6) is 0 Å². The van der Waals surface area contributed by atoms with Gasteiger partial charge in [-0.15, -0.1) is 0 Å². The number of nitrogens with one attached hydrogen (secondary N) is 1. The number of ether oxygens (including phenoxy) is 4. The molecule has 0 amide bonds. The van der Waals surface area contributed by atoms with Crippen LogP contribution >= 0.6 is 0 Å². The van der Waals surface area contributed by atoms with Gasteiger partial charge in [0.25, 0.3) is 0 Å². The van der Waals surface area contributed by atoms with Crippen LogP contribution in [-0.2, 0) is 18.9 Å². The van der Waals surface area contributed by atoms with Gasteiger partial charge < -0.3 is 24.3 Å². The first kappa shape index (κ1) is 10.9. The summed E-state index contributed by atoms with van der Waals surface area (Å²) >= 11 is 0. The number of hydrogen-bond donors (Lipinski definition) is 1. The van der Waals surface area contributed by atoms with Crippen molar-refractivity contribution in [3.05, 3.63) is 0 Å². The van der Waals surface area contributed by atoms with Crippen molar-refractivity contribution < 1.29 is 18.9 Å². The Balaban J connectivity index is 1.76. The molecule has 1 unspecified atom stereocenters. The quantitative estimate of drug-likeness (QED) is 0.698. The molecule has 3 rings (SSSR count). The molecule has 0 aromatic carbocycles. The van der Waals surface area contributed by atoms with Crippen LogP contribution in [0.2, 0.25) is 0 Å². The highest BCUT2D eigenvalue weighted by Gasteiger charge is 2.55. The average molecular weight is 229 g/mol. The third-order valence-corrected chi connectivity index (χ3v) is 3.51. The molecule has 5 heteroatoms. The summed E-state index contributed by atoms with van der Waals surface area (Å²) in [7, 11) is 0. The summed E-state index contributed by atoms with van der Waals surface area (Å²) in [5, 5.41) is 3.48. The molecule has 0 aromatic heterocycles. The molecule has 0 saturated carbocycles. The Morgan fingerprint density at radius 2 is 1.94 bits per heavy atom. The third kappa shape index (κ3) is 1.67. The third-order valence-electron chi connectivity index (χ3n) is 3.51. The van der Waals surface area contributed by atoms with Crippen molar-refractivity contribution in [3.63, 3.8) is 0 Å². The molecule has 0 aromatic rings. The zero-order valence-corrected chi connectivity index (χ0v) is 9.93. The van der Waals surface area contributed by atoms with Crippen LogP contribution < -0.4 is 5.32 Å². The fraction of sp³-hybridized carbons (Fsp3) is 1.00. The van der Waals surface area contributed by atoms with Crippen molar-refractivity contribution in [2.24, 2.45) is 0 Å². The lowest BCUT2D eigenvalue weighted by molar-refractivity contribution is -0.159. The van der Waals surface area contributed by atoms with Gasteiger partial charge in [0.05, 0.1) is 12.6 Å². The topological polar surface area (TPSA) is 49.0 Å². The van der Waals surface area contributed by atoms with Crippen LogP contribution in [0.3, 0.4) is 0 Å². The van der Waals surface area contributed by atoms with Crippen molar-refractivity contribution in [1.29, 1.82) is 0 Å². The Morgan fingerprint density at radius 3 is 2.62 bits per heavy atom. The number of fused-ring (bicyclic) bond motifs is 1. The average Bonchev–Trinajstić information content (AvgIpc) is 2.84. The van der Waals surface area contributed by atoms with Gasteiger partial charge in [0, 0.05) is 6.04 Å². The van der Waals surface area contributed by atoms with Gasteiger partial charge in [-0.3, -0.25) is 0 Å². The smallest absolute Gasteiger partial charge is 0.163 e. The van der Waals surface area contributed by atoms with E-state index in [0.29, 0.717) is 19.4 Å². The highest BCUT2D eigenvalue weighted by molar-refractivity contribution is 5.05. The minimum Gasteiger partial charge on any atom is -0.353 e. The summed E-state index contributed by atoms with van der Waals surface area (Å²) in [5.41, 5.74) is 0. The van der Waals surface area contributed by atoms with Gasteiger partial charge in [0.15, 0.2) is 5.79 Å². The van der Waals surface area contributed by atoms with Crippen LogP contribution in [0.15, 0.2) is 0 Å². The van der Waals surface area contributed by atoms with E-state index < -0.39 is 5.79 Å². The second-order valence-corrected chi connectivity index (χ2v) is 5.24. The van der Waals surface area contributed by atoms with Crippen LogP contribution in [-0.4, -0.2) is 49.6 Å². The van der Waals surface area contributed by atoms with Crippen molar-refractivity contribution in [2.75, 3.05) is 13.4 Å². The monoisotopic (exact) mass is 229 g/mol. The minimum absolute atomic E-state index is 0.0664. The largest absolute Gasteiger partial charge is 0.353 e. The van der Waals surface area contributed by atoms with Crippen molar-refractivity contribution in [2.45, 2.75) is 57.0 Å².